The summed E-state index contributed by atoms with van der Waals surface area (Å²) in [7, 11) is -3.95. The van der Waals surface area contributed by atoms with Gasteiger partial charge in [-0.2, -0.15) is 0 Å². The van der Waals surface area contributed by atoms with Crippen molar-refractivity contribution in [3.05, 3.63) is 72.6 Å². The number of carboxylic acid groups (broad SMARTS) is 1. The standard InChI is InChI=1S/C25H30FNO6S/c1-4-13-33-21-9-5-18(6-10-21)15-19(24(28)27-23(25(29)30)14-17(2)3)16-34(31,32)22-11-7-20(26)8-12-22/h4-12,17,19,23H,1,13-16H2,2-3H3,(H,27,28)(H,29,30)/t19-,23+/m1/s1. The van der Waals surface area contributed by atoms with E-state index in [1.54, 1.807) is 30.3 Å². The van der Waals surface area contributed by atoms with Crippen LogP contribution in [-0.2, 0) is 25.8 Å². The van der Waals surface area contributed by atoms with E-state index in [9.17, 15) is 27.5 Å². The summed E-state index contributed by atoms with van der Waals surface area (Å²) < 4.78 is 44.6. The van der Waals surface area contributed by atoms with E-state index in [4.69, 9.17) is 4.74 Å². The van der Waals surface area contributed by atoms with Crippen molar-refractivity contribution in [3.8, 4) is 5.75 Å². The maximum atomic E-state index is 13.3. The molecule has 2 N–H and O–H groups in total. The van der Waals surface area contributed by atoms with Gasteiger partial charge in [0.25, 0.3) is 0 Å². The van der Waals surface area contributed by atoms with Gasteiger partial charge in [0, 0.05) is 0 Å². The minimum absolute atomic E-state index is 0.00547. The third kappa shape index (κ3) is 8.30. The first-order valence-electron chi connectivity index (χ1n) is 10.9. The van der Waals surface area contributed by atoms with Crippen LogP contribution in [0.2, 0.25) is 0 Å². The first-order valence-corrected chi connectivity index (χ1v) is 12.5. The molecular formula is C25H30FNO6S. The van der Waals surface area contributed by atoms with E-state index in [0.29, 0.717) is 17.9 Å². The van der Waals surface area contributed by atoms with Crippen LogP contribution in [0, 0.1) is 17.7 Å². The highest BCUT2D eigenvalue weighted by molar-refractivity contribution is 7.91. The molecule has 0 aliphatic heterocycles. The zero-order valence-electron chi connectivity index (χ0n) is 19.2. The summed E-state index contributed by atoms with van der Waals surface area (Å²) in [6, 6.07) is 10.0. The minimum Gasteiger partial charge on any atom is -0.490 e. The molecule has 0 fully saturated rings. The van der Waals surface area contributed by atoms with Crippen LogP contribution in [0.5, 0.6) is 5.75 Å². The summed E-state index contributed by atoms with van der Waals surface area (Å²) in [5.41, 5.74) is 0.677. The number of carbonyl (C=O) groups excluding carboxylic acids is 1. The SMILES string of the molecule is C=CCOc1ccc(C[C@H](CS(=O)(=O)c2ccc(F)cc2)C(=O)N[C@@H](CC(C)C)C(=O)O)cc1. The third-order valence-corrected chi connectivity index (χ3v) is 6.89. The van der Waals surface area contributed by atoms with Gasteiger partial charge in [0.2, 0.25) is 5.91 Å². The van der Waals surface area contributed by atoms with E-state index in [2.05, 4.69) is 11.9 Å². The predicted octanol–water partition coefficient (Wildman–Crippen LogP) is 3.64. The zero-order valence-corrected chi connectivity index (χ0v) is 20.1. The van der Waals surface area contributed by atoms with Gasteiger partial charge in [-0.25, -0.2) is 17.6 Å². The van der Waals surface area contributed by atoms with Crippen molar-refractivity contribution < 1.29 is 32.2 Å². The first kappa shape index (κ1) is 27.0. The highest BCUT2D eigenvalue weighted by Gasteiger charge is 2.30. The highest BCUT2D eigenvalue weighted by Crippen LogP contribution is 2.21. The Kier molecular flexibility index (Phi) is 9.80. The van der Waals surface area contributed by atoms with Gasteiger partial charge in [-0.15, -0.1) is 0 Å². The number of aliphatic carboxylic acids is 1. The van der Waals surface area contributed by atoms with E-state index in [1.165, 1.54) is 0 Å². The quantitative estimate of drug-likeness (QED) is 0.327. The number of amides is 1. The first-order chi connectivity index (χ1) is 16.0. The van der Waals surface area contributed by atoms with E-state index >= 15 is 0 Å². The molecule has 2 atom stereocenters. The van der Waals surface area contributed by atoms with Crippen molar-refractivity contribution >= 4 is 21.7 Å². The van der Waals surface area contributed by atoms with Gasteiger partial charge in [-0.05, 0) is 60.7 Å². The molecule has 2 aromatic rings. The Morgan fingerprint density at radius 3 is 2.26 bits per heavy atom. The van der Waals surface area contributed by atoms with Gasteiger partial charge in [0.15, 0.2) is 9.84 Å². The van der Waals surface area contributed by atoms with Gasteiger partial charge in [-0.1, -0.05) is 38.6 Å². The van der Waals surface area contributed by atoms with Crippen LogP contribution in [0.1, 0.15) is 25.8 Å². The second-order valence-electron chi connectivity index (χ2n) is 8.41. The Balaban J connectivity index is 2.29. The van der Waals surface area contributed by atoms with Crippen molar-refractivity contribution in [2.24, 2.45) is 11.8 Å². The molecular weight excluding hydrogens is 461 g/mol. The molecule has 0 saturated heterocycles. The fourth-order valence-electron chi connectivity index (χ4n) is 3.37. The van der Waals surface area contributed by atoms with Crippen molar-refractivity contribution in [1.82, 2.24) is 5.32 Å². The normalized spacial score (nSPS) is 13.2. The summed E-state index contributed by atoms with van der Waals surface area (Å²) in [6.45, 7) is 7.56. The predicted molar refractivity (Wildman–Crippen MR) is 127 cm³/mol. The van der Waals surface area contributed by atoms with E-state index in [-0.39, 0.29) is 23.7 Å². The van der Waals surface area contributed by atoms with Crippen molar-refractivity contribution in [1.29, 1.82) is 0 Å². The summed E-state index contributed by atoms with van der Waals surface area (Å²) in [6.07, 6.45) is 1.86. The fourth-order valence-corrected chi connectivity index (χ4v) is 4.92. The number of hydrogen-bond acceptors (Lipinski definition) is 5. The van der Waals surface area contributed by atoms with Crippen LogP contribution < -0.4 is 10.1 Å². The Morgan fingerprint density at radius 2 is 1.74 bits per heavy atom. The lowest BCUT2D eigenvalue weighted by Crippen LogP contribution is -2.46. The lowest BCUT2D eigenvalue weighted by Gasteiger charge is -2.22. The van der Waals surface area contributed by atoms with E-state index in [1.807, 2.05) is 13.8 Å². The molecule has 0 spiro atoms. The molecule has 0 saturated carbocycles. The molecule has 0 bridgehead atoms. The smallest absolute Gasteiger partial charge is 0.326 e. The van der Waals surface area contributed by atoms with Crippen molar-refractivity contribution in [2.75, 3.05) is 12.4 Å². The zero-order chi connectivity index (χ0) is 25.3. The number of carboxylic acids is 1. The van der Waals surface area contributed by atoms with Crippen LogP contribution in [0.4, 0.5) is 4.39 Å². The number of nitrogens with one attached hydrogen (secondary N) is 1. The van der Waals surface area contributed by atoms with Gasteiger partial charge in [0.05, 0.1) is 16.6 Å². The number of halogens is 1. The summed E-state index contributed by atoms with van der Waals surface area (Å²) in [5.74, 6) is -3.48. The number of benzene rings is 2. The second-order valence-corrected chi connectivity index (χ2v) is 10.4. The maximum Gasteiger partial charge on any atom is 0.326 e. The van der Waals surface area contributed by atoms with Gasteiger partial charge in [0.1, 0.15) is 24.2 Å². The lowest BCUT2D eigenvalue weighted by atomic mass is 9.98. The van der Waals surface area contributed by atoms with Crippen LogP contribution >= 0.6 is 0 Å². The average molecular weight is 492 g/mol. The van der Waals surface area contributed by atoms with Crippen LogP contribution in [-0.4, -0.2) is 43.8 Å². The molecule has 0 heterocycles. The van der Waals surface area contributed by atoms with E-state index in [0.717, 1.165) is 24.3 Å². The molecule has 0 aromatic heterocycles. The molecule has 1 amide bonds. The molecule has 9 heteroatoms. The summed E-state index contributed by atoms with van der Waals surface area (Å²) in [4.78, 5) is 24.6. The molecule has 184 valence electrons. The van der Waals surface area contributed by atoms with Gasteiger partial charge >= 0.3 is 5.97 Å². The topological polar surface area (TPSA) is 110 Å². The minimum atomic E-state index is -3.95. The monoisotopic (exact) mass is 491 g/mol. The number of ether oxygens (including phenoxy) is 1. The molecule has 34 heavy (non-hydrogen) atoms. The summed E-state index contributed by atoms with van der Waals surface area (Å²) in [5, 5.41) is 12.0. The number of hydrogen-bond donors (Lipinski definition) is 2. The Bertz CT molecular complexity index is 1080. The maximum absolute atomic E-state index is 13.3. The van der Waals surface area contributed by atoms with Crippen molar-refractivity contribution in [2.45, 2.75) is 37.6 Å². The van der Waals surface area contributed by atoms with Gasteiger partial charge < -0.3 is 15.2 Å². The molecule has 0 aliphatic carbocycles. The Hall–Kier alpha value is -3.20. The van der Waals surface area contributed by atoms with Crippen LogP contribution in [0.3, 0.4) is 0 Å². The second kappa shape index (κ2) is 12.3. The number of sulfone groups is 1. The van der Waals surface area contributed by atoms with E-state index < -0.39 is 45.2 Å². The van der Waals surface area contributed by atoms with Crippen LogP contribution in [0.25, 0.3) is 0 Å². The average Bonchev–Trinajstić information content (AvgIpc) is 2.77. The Labute approximate surface area is 199 Å². The molecule has 0 unspecified atom stereocenters. The highest BCUT2D eigenvalue weighted by atomic mass is 32.2. The number of rotatable bonds is 13. The summed E-state index contributed by atoms with van der Waals surface area (Å²) >= 11 is 0. The molecule has 2 rings (SSSR count). The van der Waals surface area contributed by atoms with Gasteiger partial charge in [-0.3, -0.25) is 4.79 Å². The molecule has 7 nitrogen and oxygen atoms in total. The van der Waals surface area contributed by atoms with Crippen molar-refractivity contribution in [3.63, 3.8) is 0 Å². The lowest BCUT2D eigenvalue weighted by molar-refractivity contribution is -0.142. The largest absolute Gasteiger partial charge is 0.490 e. The third-order valence-electron chi connectivity index (χ3n) is 5.06. The molecule has 0 radical (unpaired) electrons. The molecule has 2 aromatic carbocycles. The Morgan fingerprint density at radius 1 is 1.12 bits per heavy atom. The number of carbonyl (C=O) groups is 2. The fraction of sp³-hybridized carbons (Fsp3) is 0.360. The van der Waals surface area contributed by atoms with Crippen LogP contribution in [0.15, 0.2) is 66.1 Å². The molecule has 0 aliphatic rings.